The van der Waals surface area contributed by atoms with E-state index in [1.165, 1.54) is 18.8 Å². The number of aromatic nitrogens is 5. The fraction of sp³-hybridized carbons (Fsp3) is 0.382. The minimum Gasteiger partial charge on any atom is -1.00 e. The van der Waals surface area contributed by atoms with Crippen LogP contribution in [0.2, 0.25) is 0 Å². The lowest BCUT2D eigenvalue weighted by Crippen LogP contribution is -3.00. The van der Waals surface area contributed by atoms with E-state index >= 15 is 0 Å². The number of carbonyl (C=O) groups is 5. The maximum absolute atomic E-state index is 11.4. The molecule has 4 aromatic rings. The number of aromatic amines is 3. The maximum Gasteiger partial charge on any atom is 0.376 e. The number of H-pyrrole nitrogens is 3. The molecule has 310 valence electrons. The van der Waals surface area contributed by atoms with Crippen LogP contribution in [0.3, 0.4) is 0 Å². The zero-order valence-corrected chi connectivity index (χ0v) is 31.6. The first kappa shape index (κ1) is 53.7. The Hall–Kier alpha value is -6.66. The number of nitrogens with one attached hydrogen (secondary N) is 4. The second-order valence-corrected chi connectivity index (χ2v) is 9.29. The predicted molar refractivity (Wildman–Crippen MR) is 197 cm³/mol. The van der Waals surface area contributed by atoms with Gasteiger partial charge in [-0.1, -0.05) is 12.6 Å². The standard InChI is InChI=1S/C10H14N2O4.C7H10N2O2.C7H13NO4.C6H5N3O.C3H3NO.CH4.ClH/c1-4-15-9(13)8(10(14)16-5-2)12-7-6-11-3;1-2-11-7(10)6-5(8)3-4-9-6;1-3-11-6(9)5(8)7(10)12-4-2;10-6-5-4(1-2-7-5)8-3-9-6;1-2-4-5-3-1;;/h6-8,12H,4-5H2,1-2H3;3-4,9H,2,8H2,1H3;5H,3-4,8H2,1-2H3;1-3,7H,(H,8,9,10);1-3H;1H4;1H/b7-6+;;;;;;. The summed E-state index contributed by atoms with van der Waals surface area (Å²) in [6.07, 6.45) is 10.1. The van der Waals surface area contributed by atoms with Gasteiger partial charge in [-0.05, 0) is 59.0 Å². The van der Waals surface area contributed by atoms with E-state index in [1.54, 1.807) is 71.4 Å². The molecule has 0 unspecified atom stereocenters. The van der Waals surface area contributed by atoms with Crippen LogP contribution in [0.15, 0.2) is 71.1 Å². The monoisotopic (exact) mass is 811 g/mol. The molecule has 0 atom stereocenters. The highest BCUT2D eigenvalue weighted by molar-refractivity contribution is 5.99. The van der Waals surface area contributed by atoms with Crippen molar-refractivity contribution in [1.82, 2.24) is 30.4 Å². The zero-order valence-electron chi connectivity index (χ0n) is 30.9. The minimum atomic E-state index is -1.22. The Labute approximate surface area is 329 Å². The Balaban J connectivity index is -0.000000640. The van der Waals surface area contributed by atoms with Crippen molar-refractivity contribution >= 4 is 46.6 Å². The van der Waals surface area contributed by atoms with Crippen molar-refractivity contribution in [2.45, 2.75) is 54.1 Å². The molecule has 0 aliphatic heterocycles. The van der Waals surface area contributed by atoms with Gasteiger partial charge in [-0.15, -0.1) is 0 Å². The maximum atomic E-state index is 11.4. The number of hydrogen-bond acceptors (Lipinski definition) is 16. The number of quaternary nitrogens is 1. The average molecular weight is 812 g/mol. The van der Waals surface area contributed by atoms with E-state index in [0.717, 1.165) is 6.20 Å². The van der Waals surface area contributed by atoms with Crippen LogP contribution in [0.5, 0.6) is 0 Å². The largest absolute Gasteiger partial charge is 1.00 e. The first-order valence-corrected chi connectivity index (χ1v) is 16.2. The molecule has 4 rings (SSSR count). The van der Waals surface area contributed by atoms with Gasteiger partial charge in [0.2, 0.25) is 6.04 Å². The van der Waals surface area contributed by atoms with Gasteiger partial charge in [-0.3, -0.25) is 4.79 Å². The summed E-state index contributed by atoms with van der Waals surface area (Å²) < 4.78 is 27.6. The van der Waals surface area contributed by atoms with Crippen LogP contribution in [-0.4, -0.2) is 100 Å². The Morgan fingerprint density at radius 3 is 1.84 bits per heavy atom. The molecular formula is C34H50ClN9O12. The summed E-state index contributed by atoms with van der Waals surface area (Å²) >= 11 is 0. The van der Waals surface area contributed by atoms with E-state index in [4.69, 9.17) is 17.0 Å². The summed E-state index contributed by atoms with van der Waals surface area (Å²) in [7, 11) is 0. The van der Waals surface area contributed by atoms with E-state index in [-0.39, 0.29) is 51.8 Å². The van der Waals surface area contributed by atoms with Gasteiger partial charge >= 0.3 is 29.8 Å². The average Bonchev–Trinajstić information content (AvgIpc) is 3.96. The molecule has 0 amide bonds. The lowest BCUT2D eigenvalue weighted by atomic mass is 10.3. The molecular weight excluding hydrogens is 762 g/mol. The number of nitrogens with two attached hydrogens (primary N) is 1. The SMILES string of the molecule is C.CCOC(=O)C([NH3+])C(=O)OCC.CCOC(=O)c1[nH]ccc1N.O=c1[nH]cnc2cc[nH]c12.[C-]#[N+]/C=C/NC(C(=O)OCC)C(=O)OCC.[Cl-].c1cnoc1. The van der Waals surface area contributed by atoms with E-state index in [9.17, 15) is 28.8 Å². The number of hydrogen-bond donors (Lipinski definition) is 6. The molecule has 0 aromatic carbocycles. The summed E-state index contributed by atoms with van der Waals surface area (Å²) in [5.74, 6) is -3.15. The van der Waals surface area contributed by atoms with Crippen LogP contribution in [0.4, 0.5) is 5.69 Å². The number of fused-ring (bicyclic) bond motifs is 1. The van der Waals surface area contributed by atoms with Gasteiger partial charge in [0, 0.05) is 12.4 Å². The smallest absolute Gasteiger partial charge is 0.376 e. The lowest BCUT2D eigenvalue weighted by molar-refractivity contribution is -0.398. The van der Waals surface area contributed by atoms with Gasteiger partial charge in [-0.25, -0.2) is 33.8 Å². The van der Waals surface area contributed by atoms with Gasteiger partial charge < -0.3 is 72.4 Å². The van der Waals surface area contributed by atoms with Gasteiger partial charge in [-0.2, -0.15) is 0 Å². The fourth-order valence-electron chi connectivity index (χ4n) is 3.26. The lowest BCUT2D eigenvalue weighted by Gasteiger charge is -2.14. The Bertz CT molecular complexity index is 1750. The predicted octanol–water partition coefficient (Wildman–Crippen LogP) is -1.48. The highest BCUT2D eigenvalue weighted by atomic mass is 35.5. The summed E-state index contributed by atoms with van der Waals surface area (Å²) in [6, 6.07) is 2.80. The molecule has 9 N–H and O–H groups in total. The van der Waals surface area contributed by atoms with Gasteiger partial charge in [0.05, 0.1) is 63.3 Å². The minimum absolute atomic E-state index is 0. The van der Waals surface area contributed by atoms with Crippen molar-refractivity contribution in [1.29, 1.82) is 0 Å². The van der Waals surface area contributed by atoms with Crippen molar-refractivity contribution in [3.05, 3.63) is 89.2 Å². The van der Waals surface area contributed by atoms with E-state index in [2.05, 4.69) is 64.5 Å². The van der Waals surface area contributed by atoms with Crippen molar-refractivity contribution in [2.24, 2.45) is 0 Å². The quantitative estimate of drug-likeness (QED) is 0.0412. The third-order valence-corrected chi connectivity index (χ3v) is 5.56. The molecule has 0 aliphatic rings. The molecule has 0 saturated heterocycles. The first-order valence-electron chi connectivity index (χ1n) is 16.2. The Morgan fingerprint density at radius 2 is 1.43 bits per heavy atom. The van der Waals surface area contributed by atoms with Gasteiger partial charge in [0.25, 0.3) is 11.6 Å². The van der Waals surface area contributed by atoms with Crippen LogP contribution in [0.25, 0.3) is 15.9 Å². The van der Waals surface area contributed by atoms with Gasteiger partial charge in [0.15, 0.2) is 6.20 Å². The third kappa shape index (κ3) is 21.8. The molecule has 0 fully saturated rings. The van der Waals surface area contributed by atoms with Gasteiger partial charge in [0.1, 0.15) is 17.5 Å². The second kappa shape index (κ2) is 32.9. The molecule has 0 radical (unpaired) electrons. The van der Waals surface area contributed by atoms with Crippen LogP contribution < -0.4 is 34.8 Å². The summed E-state index contributed by atoms with van der Waals surface area (Å²) in [6.45, 7) is 16.0. The van der Waals surface area contributed by atoms with Crippen molar-refractivity contribution < 1.29 is 70.3 Å². The highest BCUT2D eigenvalue weighted by Crippen LogP contribution is 2.09. The van der Waals surface area contributed by atoms with Crippen molar-refractivity contribution in [3.63, 3.8) is 0 Å². The molecule has 22 heteroatoms. The van der Waals surface area contributed by atoms with E-state index in [0.29, 0.717) is 29.0 Å². The summed E-state index contributed by atoms with van der Waals surface area (Å²) in [4.78, 5) is 81.1. The van der Waals surface area contributed by atoms with Crippen LogP contribution in [-0.2, 0) is 42.9 Å². The molecule has 4 aromatic heterocycles. The topological polar surface area (TPSA) is 305 Å². The number of ether oxygens (including phenoxy) is 5. The van der Waals surface area contributed by atoms with Crippen LogP contribution >= 0.6 is 0 Å². The molecule has 0 saturated carbocycles. The second-order valence-electron chi connectivity index (χ2n) is 9.29. The van der Waals surface area contributed by atoms with E-state index in [1.807, 2.05) is 0 Å². The number of nitrogens with zero attached hydrogens (tertiary/aromatic N) is 3. The molecule has 0 aliphatic carbocycles. The highest BCUT2D eigenvalue weighted by Gasteiger charge is 2.29. The molecule has 4 heterocycles. The zero-order chi connectivity index (χ0) is 40.7. The van der Waals surface area contributed by atoms with Crippen LogP contribution in [0, 0.1) is 6.57 Å². The molecule has 56 heavy (non-hydrogen) atoms. The Kier molecular flexibility index (Phi) is 31.6. The number of halogens is 1. The number of anilines is 1. The molecule has 0 spiro atoms. The fourth-order valence-corrected chi connectivity index (χ4v) is 3.26. The first-order chi connectivity index (χ1) is 25.9. The van der Waals surface area contributed by atoms with Crippen molar-refractivity contribution in [3.8, 4) is 0 Å². The van der Waals surface area contributed by atoms with Crippen LogP contribution in [0.1, 0.15) is 52.5 Å². The third-order valence-electron chi connectivity index (χ3n) is 5.56. The number of esters is 5. The van der Waals surface area contributed by atoms with Crippen molar-refractivity contribution in [2.75, 3.05) is 38.8 Å². The van der Waals surface area contributed by atoms with E-state index < -0.39 is 41.9 Å². The summed E-state index contributed by atoms with van der Waals surface area (Å²) in [5.41, 5.74) is 10.6. The number of nitrogen functional groups attached to an aromatic ring is 1. The Morgan fingerprint density at radius 1 is 0.893 bits per heavy atom. The molecule has 21 nitrogen and oxygen atoms in total. The number of carbonyl (C=O) groups excluding carboxylic acids is 5. The molecule has 0 bridgehead atoms. The normalized spacial score (nSPS) is 9.34. The summed E-state index contributed by atoms with van der Waals surface area (Å²) in [5, 5.41) is 5.79. The number of rotatable bonds is 12.